The number of hydrogen-bond donors (Lipinski definition) is 0. The van der Waals surface area contributed by atoms with Crippen LogP contribution in [0.3, 0.4) is 0 Å². The van der Waals surface area contributed by atoms with Gasteiger partial charge >= 0.3 is 12.1 Å². The Morgan fingerprint density at radius 3 is 2.15 bits per heavy atom. The van der Waals surface area contributed by atoms with Crippen LogP contribution in [-0.4, -0.2) is 28.8 Å². The molecular formula is C6H7F4IO2. The maximum Gasteiger partial charge on any atom is 0.422 e. The highest BCUT2D eigenvalue weighted by atomic mass is 127. The van der Waals surface area contributed by atoms with Crippen molar-refractivity contribution in [2.45, 2.75) is 18.8 Å². The van der Waals surface area contributed by atoms with E-state index < -0.39 is 24.4 Å². The minimum atomic E-state index is -4.61. The number of halogens is 5. The number of esters is 1. The first-order valence-electron chi connectivity index (χ1n) is 3.18. The van der Waals surface area contributed by atoms with Gasteiger partial charge in [0.1, 0.15) is 0 Å². The van der Waals surface area contributed by atoms with Gasteiger partial charge in [-0.2, -0.15) is 13.2 Å². The average molecular weight is 314 g/mol. The zero-order valence-electron chi connectivity index (χ0n) is 6.62. The van der Waals surface area contributed by atoms with E-state index in [9.17, 15) is 22.4 Å². The van der Waals surface area contributed by atoms with Crippen molar-refractivity contribution < 1.29 is 27.1 Å². The Labute approximate surface area is 85.8 Å². The SMILES string of the molecule is CC(F)(CI)C(=O)OCC(F)(F)F. The summed E-state index contributed by atoms with van der Waals surface area (Å²) in [5, 5.41) is 0. The van der Waals surface area contributed by atoms with E-state index in [1.165, 1.54) is 0 Å². The predicted molar refractivity (Wildman–Crippen MR) is 45.4 cm³/mol. The third kappa shape index (κ3) is 5.27. The Morgan fingerprint density at radius 2 is 1.85 bits per heavy atom. The molecule has 7 heteroatoms. The van der Waals surface area contributed by atoms with Crippen molar-refractivity contribution in [3.05, 3.63) is 0 Å². The smallest absolute Gasteiger partial charge is 0.422 e. The molecule has 1 atom stereocenters. The summed E-state index contributed by atoms with van der Waals surface area (Å²) in [7, 11) is 0. The second-order valence-corrected chi connectivity index (χ2v) is 3.29. The van der Waals surface area contributed by atoms with Crippen molar-refractivity contribution >= 4 is 28.6 Å². The molecule has 13 heavy (non-hydrogen) atoms. The number of alkyl halides is 5. The van der Waals surface area contributed by atoms with Gasteiger partial charge in [0, 0.05) is 4.43 Å². The zero-order chi connectivity index (χ0) is 10.7. The van der Waals surface area contributed by atoms with Gasteiger partial charge in [0.05, 0.1) is 0 Å². The van der Waals surface area contributed by atoms with Crippen LogP contribution in [0, 0.1) is 0 Å². The Balaban J connectivity index is 4.03. The lowest BCUT2D eigenvalue weighted by atomic mass is 10.2. The molecule has 0 N–H and O–H groups in total. The summed E-state index contributed by atoms with van der Waals surface area (Å²) in [6.07, 6.45) is -4.61. The first-order chi connectivity index (χ1) is 5.69. The lowest BCUT2D eigenvalue weighted by Crippen LogP contribution is -2.36. The number of carbonyl (C=O) groups excluding carboxylic acids is 1. The molecule has 0 saturated carbocycles. The first kappa shape index (κ1) is 12.9. The molecule has 0 aromatic carbocycles. The van der Waals surface area contributed by atoms with E-state index in [0.29, 0.717) is 0 Å². The summed E-state index contributed by atoms with van der Waals surface area (Å²) in [6.45, 7) is -0.875. The third-order valence-corrected chi connectivity index (χ3v) is 2.48. The summed E-state index contributed by atoms with van der Waals surface area (Å²) in [5.74, 6) is -1.49. The van der Waals surface area contributed by atoms with E-state index in [4.69, 9.17) is 0 Å². The molecule has 0 bridgehead atoms. The van der Waals surface area contributed by atoms with Crippen LogP contribution in [0.15, 0.2) is 0 Å². The zero-order valence-corrected chi connectivity index (χ0v) is 8.78. The fourth-order valence-corrected chi connectivity index (χ4v) is 0.664. The molecule has 0 heterocycles. The second-order valence-electron chi connectivity index (χ2n) is 2.52. The first-order valence-corrected chi connectivity index (χ1v) is 4.70. The van der Waals surface area contributed by atoms with Crippen LogP contribution in [0.4, 0.5) is 17.6 Å². The highest BCUT2D eigenvalue weighted by molar-refractivity contribution is 14.1. The van der Waals surface area contributed by atoms with Gasteiger partial charge in [-0.1, -0.05) is 22.6 Å². The molecular weight excluding hydrogens is 307 g/mol. The molecule has 2 nitrogen and oxygen atoms in total. The van der Waals surface area contributed by atoms with Crippen molar-refractivity contribution in [1.29, 1.82) is 0 Å². The van der Waals surface area contributed by atoms with Gasteiger partial charge in [-0.15, -0.1) is 0 Å². The normalized spacial score (nSPS) is 16.5. The van der Waals surface area contributed by atoms with E-state index >= 15 is 0 Å². The molecule has 0 aromatic heterocycles. The monoisotopic (exact) mass is 314 g/mol. The Hall–Kier alpha value is -0.0800. The Bertz CT molecular complexity index is 190. The maximum atomic E-state index is 12.9. The van der Waals surface area contributed by atoms with E-state index in [-0.39, 0.29) is 4.43 Å². The second kappa shape index (κ2) is 4.43. The summed E-state index contributed by atoms with van der Waals surface area (Å²) < 4.78 is 50.9. The van der Waals surface area contributed by atoms with Gasteiger partial charge in [0.2, 0.25) is 5.67 Å². The van der Waals surface area contributed by atoms with Gasteiger partial charge in [0.25, 0.3) is 0 Å². The van der Waals surface area contributed by atoms with E-state index in [1.807, 2.05) is 0 Å². The van der Waals surface area contributed by atoms with Crippen LogP contribution in [0.25, 0.3) is 0 Å². The van der Waals surface area contributed by atoms with Gasteiger partial charge in [0.15, 0.2) is 6.61 Å². The van der Waals surface area contributed by atoms with Crippen LogP contribution in [0.1, 0.15) is 6.92 Å². The van der Waals surface area contributed by atoms with Gasteiger partial charge in [-0.25, -0.2) is 9.18 Å². The number of rotatable bonds is 3. The molecule has 0 aliphatic heterocycles. The van der Waals surface area contributed by atoms with Crippen molar-refractivity contribution in [2.75, 3.05) is 11.0 Å². The van der Waals surface area contributed by atoms with Crippen LogP contribution in [-0.2, 0) is 9.53 Å². The minimum Gasteiger partial charge on any atom is -0.454 e. The van der Waals surface area contributed by atoms with Crippen molar-refractivity contribution in [3.63, 3.8) is 0 Å². The average Bonchev–Trinajstić information content (AvgIpc) is 1.98. The van der Waals surface area contributed by atoms with E-state index in [2.05, 4.69) is 4.74 Å². The summed E-state index contributed by atoms with van der Waals surface area (Å²) in [6, 6.07) is 0. The molecule has 1 unspecified atom stereocenters. The summed E-state index contributed by atoms with van der Waals surface area (Å²) in [4.78, 5) is 10.6. The lowest BCUT2D eigenvalue weighted by molar-refractivity contribution is -0.192. The molecule has 0 aliphatic rings. The summed E-state index contributed by atoms with van der Waals surface area (Å²) >= 11 is 1.55. The van der Waals surface area contributed by atoms with Crippen LogP contribution in [0.2, 0.25) is 0 Å². The molecule has 0 aliphatic carbocycles. The fourth-order valence-electron chi connectivity index (χ4n) is 0.352. The van der Waals surface area contributed by atoms with Gasteiger partial charge in [-0.3, -0.25) is 0 Å². The van der Waals surface area contributed by atoms with Gasteiger partial charge in [-0.05, 0) is 6.92 Å². The maximum absolute atomic E-state index is 12.9. The van der Waals surface area contributed by atoms with Crippen molar-refractivity contribution in [2.24, 2.45) is 0 Å². The highest BCUT2D eigenvalue weighted by Gasteiger charge is 2.37. The molecule has 0 amide bonds. The summed E-state index contributed by atoms with van der Waals surface area (Å²) in [5.41, 5.74) is -2.36. The number of hydrogen-bond acceptors (Lipinski definition) is 2. The largest absolute Gasteiger partial charge is 0.454 e. The van der Waals surface area contributed by atoms with Crippen LogP contribution in [0.5, 0.6) is 0 Å². The van der Waals surface area contributed by atoms with E-state index in [0.717, 1.165) is 6.92 Å². The highest BCUT2D eigenvalue weighted by Crippen LogP contribution is 2.19. The predicted octanol–water partition coefficient (Wildman–Crippen LogP) is 2.26. The van der Waals surface area contributed by atoms with Crippen LogP contribution >= 0.6 is 22.6 Å². The fraction of sp³-hybridized carbons (Fsp3) is 0.833. The topological polar surface area (TPSA) is 26.3 Å². The molecule has 0 rings (SSSR count). The molecule has 0 radical (unpaired) electrons. The van der Waals surface area contributed by atoms with Gasteiger partial charge < -0.3 is 4.74 Å². The molecule has 0 aromatic rings. The Kier molecular flexibility index (Phi) is 4.40. The third-order valence-electron chi connectivity index (χ3n) is 1.04. The molecule has 78 valence electrons. The van der Waals surface area contributed by atoms with Crippen LogP contribution < -0.4 is 0 Å². The quantitative estimate of drug-likeness (QED) is 0.346. The molecule has 0 fully saturated rings. The number of carbonyl (C=O) groups is 1. The van der Waals surface area contributed by atoms with E-state index in [1.54, 1.807) is 22.6 Å². The number of ether oxygens (including phenoxy) is 1. The molecule has 0 saturated heterocycles. The Morgan fingerprint density at radius 1 is 1.38 bits per heavy atom. The standard InChI is InChI=1S/C6H7F4IO2/c1-5(7,2-11)4(12)13-3-6(8,9)10/h2-3H2,1H3. The molecule has 0 spiro atoms. The minimum absolute atomic E-state index is 0.249. The lowest BCUT2D eigenvalue weighted by Gasteiger charge is -2.16. The van der Waals surface area contributed by atoms with Crippen molar-refractivity contribution in [3.8, 4) is 0 Å². The van der Waals surface area contributed by atoms with Crippen molar-refractivity contribution in [1.82, 2.24) is 0 Å².